The third kappa shape index (κ3) is 3.48. The van der Waals surface area contributed by atoms with E-state index in [0.29, 0.717) is 17.9 Å². The van der Waals surface area contributed by atoms with Crippen LogP contribution in [0.4, 0.5) is 0 Å². The molecular formula is C14H14N2O3S. The lowest BCUT2D eigenvalue weighted by molar-refractivity contribution is -0.139. The molecule has 6 heteroatoms. The zero-order valence-corrected chi connectivity index (χ0v) is 11.5. The topological polar surface area (TPSA) is 79.3 Å². The number of hydrogen-bond acceptors (Lipinski definition) is 4. The summed E-state index contributed by atoms with van der Waals surface area (Å²) in [5.74, 6) is -0.0590. The first-order valence-electron chi connectivity index (χ1n) is 6.05. The molecule has 2 aromatic rings. The van der Waals surface area contributed by atoms with Gasteiger partial charge in [-0.3, -0.25) is 9.78 Å². The molecule has 0 aliphatic rings. The van der Waals surface area contributed by atoms with Gasteiger partial charge in [-0.25, -0.2) is 4.79 Å². The van der Waals surface area contributed by atoms with Gasteiger partial charge in [-0.1, -0.05) is 24.3 Å². The number of hydrogen-bond donors (Lipinski definition) is 2. The summed E-state index contributed by atoms with van der Waals surface area (Å²) >= 11 is 1.46. The van der Waals surface area contributed by atoms with Crippen LogP contribution in [0.3, 0.4) is 0 Å². The molecule has 104 valence electrons. The molecule has 0 spiro atoms. The first-order valence-corrected chi connectivity index (χ1v) is 7.20. The molecule has 1 aromatic carbocycles. The predicted molar refractivity (Wildman–Crippen MR) is 78.5 cm³/mol. The second-order valence-corrected chi connectivity index (χ2v) is 5.21. The lowest BCUT2D eigenvalue weighted by Crippen LogP contribution is -2.37. The van der Waals surface area contributed by atoms with Crippen molar-refractivity contribution in [2.45, 2.75) is 11.8 Å². The van der Waals surface area contributed by atoms with Crippen molar-refractivity contribution in [3.63, 3.8) is 0 Å². The summed E-state index contributed by atoms with van der Waals surface area (Å²) in [6.45, 7) is 0. The van der Waals surface area contributed by atoms with Crippen molar-refractivity contribution in [3.05, 3.63) is 42.1 Å². The number of nitrogens with zero attached hydrogens (tertiary/aromatic N) is 1. The summed E-state index contributed by atoms with van der Waals surface area (Å²) in [6.07, 6.45) is 2.16. The molecule has 0 fully saturated rings. The van der Waals surface area contributed by atoms with Crippen molar-refractivity contribution < 1.29 is 14.7 Å². The Balaban J connectivity index is 2.02. The van der Waals surface area contributed by atoms with E-state index in [4.69, 9.17) is 5.11 Å². The molecule has 20 heavy (non-hydrogen) atoms. The average molecular weight is 290 g/mol. The van der Waals surface area contributed by atoms with Gasteiger partial charge in [0.05, 0.1) is 5.52 Å². The van der Waals surface area contributed by atoms with E-state index in [1.54, 1.807) is 6.20 Å². The van der Waals surface area contributed by atoms with Crippen LogP contribution in [0.5, 0.6) is 0 Å². The third-order valence-corrected chi connectivity index (χ3v) is 3.91. The van der Waals surface area contributed by atoms with Crippen LogP contribution >= 0.6 is 11.8 Å². The Kier molecular flexibility index (Phi) is 4.95. The lowest BCUT2D eigenvalue weighted by Gasteiger charge is -2.11. The highest BCUT2D eigenvalue weighted by Crippen LogP contribution is 2.21. The SMILES string of the molecule is O=CNC(CSCc1cccc2cccnc12)C(=O)O. The molecule has 1 amide bonds. The fourth-order valence-corrected chi connectivity index (χ4v) is 2.89. The minimum atomic E-state index is -1.03. The molecule has 1 aromatic heterocycles. The molecule has 1 atom stereocenters. The van der Waals surface area contributed by atoms with Crippen molar-refractivity contribution in [2.24, 2.45) is 0 Å². The summed E-state index contributed by atoms with van der Waals surface area (Å²) in [4.78, 5) is 25.6. The van der Waals surface area contributed by atoms with Gasteiger partial charge in [0, 0.05) is 23.1 Å². The normalized spacial score (nSPS) is 12.0. The fraction of sp³-hybridized carbons (Fsp3) is 0.214. The molecule has 0 bridgehead atoms. The number of aromatic nitrogens is 1. The Hall–Kier alpha value is -2.08. The number of amides is 1. The van der Waals surface area contributed by atoms with Crippen LogP contribution in [0.15, 0.2) is 36.5 Å². The minimum Gasteiger partial charge on any atom is -0.480 e. The summed E-state index contributed by atoms with van der Waals surface area (Å²) in [7, 11) is 0. The number of carbonyl (C=O) groups is 2. The van der Waals surface area contributed by atoms with Crippen molar-refractivity contribution in [1.29, 1.82) is 0 Å². The molecule has 1 unspecified atom stereocenters. The molecule has 5 nitrogen and oxygen atoms in total. The molecule has 2 N–H and O–H groups in total. The predicted octanol–water partition coefficient (Wildman–Crippen LogP) is 1.67. The van der Waals surface area contributed by atoms with Gasteiger partial charge in [0.1, 0.15) is 6.04 Å². The highest BCUT2D eigenvalue weighted by molar-refractivity contribution is 7.98. The molecule has 0 aliphatic carbocycles. The second-order valence-electron chi connectivity index (χ2n) is 4.18. The van der Waals surface area contributed by atoms with E-state index in [2.05, 4.69) is 10.3 Å². The van der Waals surface area contributed by atoms with Gasteiger partial charge in [0.2, 0.25) is 6.41 Å². The van der Waals surface area contributed by atoms with E-state index < -0.39 is 12.0 Å². The Morgan fingerprint density at radius 2 is 2.20 bits per heavy atom. The van der Waals surface area contributed by atoms with Crippen LogP contribution in [0.1, 0.15) is 5.56 Å². The maximum absolute atomic E-state index is 10.9. The van der Waals surface area contributed by atoms with Crippen molar-refractivity contribution in [3.8, 4) is 0 Å². The number of carbonyl (C=O) groups excluding carboxylic acids is 1. The van der Waals surface area contributed by atoms with E-state index in [9.17, 15) is 9.59 Å². The molecule has 1 heterocycles. The monoisotopic (exact) mass is 290 g/mol. The molecule has 0 aliphatic heterocycles. The zero-order valence-electron chi connectivity index (χ0n) is 10.7. The van der Waals surface area contributed by atoms with Crippen LogP contribution < -0.4 is 5.32 Å². The molecular weight excluding hydrogens is 276 g/mol. The molecule has 0 radical (unpaired) electrons. The largest absolute Gasteiger partial charge is 0.480 e. The minimum absolute atomic E-state index is 0.317. The van der Waals surface area contributed by atoms with Gasteiger partial charge in [-0.05, 0) is 11.6 Å². The first-order chi connectivity index (χ1) is 9.72. The number of aliphatic carboxylic acids is 1. The number of rotatable bonds is 7. The number of para-hydroxylation sites is 1. The van der Waals surface area contributed by atoms with E-state index in [-0.39, 0.29) is 0 Å². The summed E-state index contributed by atoms with van der Waals surface area (Å²) in [5, 5.41) is 12.3. The third-order valence-electron chi connectivity index (χ3n) is 2.83. The Morgan fingerprint density at radius 3 is 2.95 bits per heavy atom. The number of pyridine rings is 1. The molecule has 0 saturated heterocycles. The maximum Gasteiger partial charge on any atom is 0.327 e. The van der Waals surface area contributed by atoms with E-state index in [1.807, 2.05) is 30.3 Å². The fourth-order valence-electron chi connectivity index (χ4n) is 1.84. The Bertz CT molecular complexity index is 613. The van der Waals surface area contributed by atoms with Crippen molar-refractivity contribution in [2.75, 3.05) is 5.75 Å². The van der Waals surface area contributed by atoms with E-state index in [1.165, 1.54) is 11.8 Å². The number of fused-ring (bicyclic) bond motifs is 1. The Morgan fingerprint density at radius 1 is 1.40 bits per heavy atom. The Labute approximate surface area is 120 Å². The number of carboxylic acid groups (broad SMARTS) is 1. The number of nitrogens with one attached hydrogen (secondary N) is 1. The molecule has 0 saturated carbocycles. The van der Waals surface area contributed by atoms with Crippen LogP contribution in [0.25, 0.3) is 10.9 Å². The maximum atomic E-state index is 10.9. The van der Waals surface area contributed by atoms with Gasteiger partial charge >= 0.3 is 5.97 Å². The van der Waals surface area contributed by atoms with Crippen LogP contribution in [-0.4, -0.2) is 34.3 Å². The highest BCUT2D eigenvalue weighted by Gasteiger charge is 2.16. The van der Waals surface area contributed by atoms with Gasteiger partial charge in [-0.2, -0.15) is 11.8 Å². The molecule has 2 rings (SSSR count). The summed E-state index contributed by atoms with van der Waals surface area (Å²) in [5.41, 5.74) is 1.99. The zero-order chi connectivity index (χ0) is 14.4. The summed E-state index contributed by atoms with van der Waals surface area (Å²) in [6, 6.07) is 8.94. The standard InChI is InChI=1S/C14H14N2O3S/c17-9-16-12(14(18)19)8-20-7-11-4-1-3-10-5-2-6-15-13(10)11/h1-6,9,12H,7-8H2,(H,16,17)(H,18,19). The smallest absolute Gasteiger partial charge is 0.327 e. The highest BCUT2D eigenvalue weighted by atomic mass is 32.2. The second kappa shape index (κ2) is 6.91. The number of thioether (sulfide) groups is 1. The van der Waals surface area contributed by atoms with Crippen LogP contribution in [0.2, 0.25) is 0 Å². The summed E-state index contributed by atoms with van der Waals surface area (Å²) < 4.78 is 0. The number of carboxylic acids is 1. The lowest BCUT2D eigenvalue weighted by atomic mass is 10.1. The number of benzene rings is 1. The van der Waals surface area contributed by atoms with E-state index in [0.717, 1.165) is 16.5 Å². The van der Waals surface area contributed by atoms with Crippen molar-refractivity contribution in [1.82, 2.24) is 10.3 Å². The van der Waals surface area contributed by atoms with Crippen LogP contribution in [0, 0.1) is 0 Å². The average Bonchev–Trinajstić information content (AvgIpc) is 2.46. The first kappa shape index (κ1) is 14.3. The van der Waals surface area contributed by atoms with Gasteiger partial charge in [0.15, 0.2) is 0 Å². The van der Waals surface area contributed by atoms with Gasteiger partial charge in [0.25, 0.3) is 0 Å². The quantitative estimate of drug-likeness (QED) is 0.758. The van der Waals surface area contributed by atoms with Gasteiger partial charge < -0.3 is 10.4 Å². The van der Waals surface area contributed by atoms with Crippen molar-refractivity contribution >= 4 is 35.0 Å². The van der Waals surface area contributed by atoms with E-state index >= 15 is 0 Å². The van der Waals surface area contributed by atoms with Crippen LogP contribution in [-0.2, 0) is 15.3 Å². The van der Waals surface area contributed by atoms with Gasteiger partial charge in [-0.15, -0.1) is 0 Å².